The van der Waals surface area contributed by atoms with Gasteiger partial charge in [-0.05, 0) is 38.4 Å². The summed E-state index contributed by atoms with van der Waals surface area (Å²) < 4.78 is 5.09. The molecule has 5 nitrogen and oxygen atoms in total. The third kappa shape index (κ3) is 3.32. The first-order valence-electron chi connectivity index (χ1n) is 6.40. The number of ether oxygens (including phenoxy) is 1. The molecule has 1 saturated heterocycles. The molecule has 0 aromatic carbocycles. The lowest BCUT2D eigenvalue weighted by molar-refractivity contribution is 0.150. The summed E-state index contributed by atoms with van der Waals surface area (Å²) >= 11 is 0. The van der Waals surface area contributed by atoms with Crippen molar-refractivity contribution in [3.05, 3.63) is 12.4 Å². The van der Waals surface area contributed by atoms with Crippen molar-refractivity contribution in [2.45, 2.75) is 19.8 Å². The van der Waals surface area contributed by atoms with Gasteiger partial charge in [0.15, 0.2) is 0 Å². The van der Waals surface area contributed by atoms with Crippen molar-refractivity contribution < 1.29 is 4.74 Å². The first-order chi connectivity index (χ1) is 8.61. The van der Waals surface area contributed by atoms with Crippen LogP contribution < -0.4 is 10.1 Å². The lowest BCUT2D eigenvalue weighted by Gasteiger charge is -2.38. The van der Waals surface area contributed by atoms with Crippen LogP contribution in [0.4, 0.5) is 5.82 Å². The van der Waals surface area contributed by atoms with Crippen molar-refractivity contribution >= 4 is 5.82 Å². The van der Waals surface area contributed by atoms with E-state index >= 15 is 0 Å². The molecular weight excluding hydrogens is 228 g/mol. The highest BCUT2D eigenvalue weighted by Crippen LogP contribution is 2.30. The van der Waals surface area contributed by atoms with E-state index in [4.69, 9.17) is 4.74 Å². The minimum Gasteiger partial charge on any atom is -0.481 e. The van der Waals surface area contributed by atoms with Gasteiger partial charge in [0.1, 0.15) is 12.1 Å². The molecule has 5 heteroatoms. The van der Waals surface area contributed by atoms with Crippen molar-refractivity contribution in [1.82, 2.24) is 14.9 Å². The molecule has 1 aromatic heterocycles. The summed E-state index contributed by atoms with van der Waals surface area (Å²) in [4.78, 5) is 10.6. The summed E-state index contributed by atoms with van der Waals surface area (Å²) in [5.41, 5.74) is 0.352. The molecule has 0 aliphatic carbocycles. The van der Waals surface area contributed by atoms with Gasteiger partial charge >= 0.3 is 0 Å². The van der Waals surface area contributed by atoms with E-state index in [-0.39, 0.29) is 0 Å². The minimum absolute atomic E-state index is 0.352. The van der Waals surface area contributed by atoms with Crippen LogP contribution in [-0.2, 0) is 0 Å². The SMILES string of the molecule is COc1cc(NCC2(C)CCN(C)CC2)ncn1. The molecule has 0 spiro atoms. The molecule has 0 amide bonds. The minimum atomic E-state index is 0.352. The van der Waals surface area contributed by atoms with E-state index in [2.05, 4.69) is 34.2 Å². The fourth-order valence-electron chi connectivity index (χ4n) is 2.19. The second-order valence-electron chi connectivity index (χ2n) is 5.41. The molecule has 1 aliphatic heterocycles. The Kier molecular flexibility index (Phi) is 4.01. The van der Waals surface area contributed by atoms with Crippen LogP contribution in [0.5, 0.6) is 5.88 Å². The Labute approximate surface area is 109 Å². The molecule has 18 heavy (non-hydrogen) atoms. The van der Waals surface area contributed by atoms with Gasteiger partial charge in [-0.2, -0.15) is 0 Å². The molecule has 0 saturated carbocycles. The van der Waals surface area contributed by atoms with E-state index in [0.717, 1.165) is 12.4 Å². The monoisotopic (exact) mass is 250 g/mol. The summed E-state index contributed by atoms with van der Waals surface area (Å²) in [6.45, 7) is 5.63. The third-order valence-corrected chi connectivity index (χ3v) is 3.74. The van der Waals surface area contributed by atoms with Gasteiger partial charge < -0.3 is 15.0 Å². The zero-order valence-electron chi connectivity index (χ0n) is 11.4. The molecule has 1 aromatic rings. The number of aromatic nitrogens is 2. The lowest BCUT2D eigenvalue weighted by atomic mass is 9.80. The maximum absolute atomic E-state index is 5.09. The molecule has 0 unspecified atom stereocenters. The van der Waals surface area contributed by atoms with Crippen LogP contribution in [0, 0.1) is 5.41 Å². The first-order valence-corrected chi connectivity index (χ1v) is 6.40. The molecule has 2 heterocycles. The van der Waals surface area contributed by atoms with Crippen molar-refractivity contribution in [1.29, 1.82) is 0 Å². The maximum Gasteiger partial charge on any atom is 0.218 e. The highest BCUT2D eigenvalue weighted by Gasteiger charge is 2.28. The zero-order chi connectivity index (χ0) is 13.0. The first kappa shape index (κ1) is 13.1. The average Bonchev–Trinajstić information content (AvgIpc) is 2.41. The van der Waals surface area contributed by atoms with Gasteiger partial charge in [0.25, 0.3) is 0 Å². The van der Waals surface area contributed by atoms with Crippen LogP contribution in [0.25, 0.3) is 0 Å². The topological polar surface area (TPSA) is 50.3 Å². The van der Waals surface area contributed by atoms with Crippen molar-refractivity contribution in [3.63, 3.8) is 0 Å². The summed E-state index contributed by atoms with van der Waals surface area (Å²) in [5.74, 6) is 1.43. The average molecular weight is 250 g/mol. The van der Waals surface area contributed by atoms with Crippen LogP contribution >= 0.6 is 0 Å². The smallest absolute Gasteiger partial charge is 0.218 e. The highest BCUT2D eigenvalue weighted by molar-refractivity contribution is 5.37. The van der Waals surface area contributed by atoms with Crippen LogP contribution in [-0.4, -0.2) is 48.7 Å². The van der Waals surface area contributed by atoms with Gasteiger partial charge in [-0.1, -0.05) is 6.92 Å². The number of methoxy groups -OCH3 is 1. The van der Waals surface area contributed by atoms with Crippen LogP contribution in [0.3, 0.4) is 0 Å². The third-order valence-electron chi connectivity index (χ3n) is 3.74. The Hall–Kier alpha value is -1.36. The standard InChI is InChI=1S/C13H22N4O/c1-13(4-6-17(2)7-5-13)9-14-11-8-12(18-3)16-10-15-11/h8,10H,4-7,9H2,1-3H3,(H,14,15,16). The fraction of sp³-hybridized carbons (Fsp3) is 0.692. The summed E-state index contributed by atoms with van der Waals surface area (Å²) in [6, 6.07) is 1.83. The van der Waals surface area contributed by atoms with Gasteiger partial charge in [-0.25, -0.2) is 9.97 Å². The molecule has 1 aliphatic rings. The molecule has 2 rings (SSSR count). The molecule has 0 bridgehead atoms. The van der Waals surface area contributed by atoms with E-state index < -0.39 is 0 Å². The Morgan fingerprint density at radius 2 is 2.11 bits per heavy atom. The van der Waals surface area contributed by atoms with Crippen LogP contribution in [0.2, 0.25) is 0 Å². The van der Waals surface area contributed by atoms with Gasteiger partial charge in [0.05, 0.1) is 7.11 Å². The Bertz CT molecular complexity index is 388. The van der Waals surface area contributed by atoms with Gasteiger partial charge in [0.2, 0.25) is 5.88 Å². The molecule has 1 N–H and O–H groups in total. The van der Waals surface area contributed by atoms with Crippen molar-refractivity contribution in [2.24, 2.45) is 5.41 Å². The van der Waals surface area contributed by atoms with Crippen LogP contribution in [0.1, 0.15) is 19.8 Å². The van der Waals surface area contributed by atoms with Crippen LogP contribution in [0.15, 0.2) is 12.4 Å². The van der Waals surface area contributed by atoms with Crippen molar-refractivity contribution in [3.8, 4) is 5.88 Å². The quantitative estimate of drug-likeness (QED) is 0.880. The summed E-state index contributed by atoms with van der Waals surface area (Å²) in [6.07, 6.45) is 3.97. The normalized spacial score (nSPS) is 19.5. The molecule has 0 radical (unpaired) electrons. The van der Waals surface area contributed by atoms with E-state index in [1.54, 1.807) is 7.11 Å². The van der Waals surface area contributed by atoms with Crippen molar-refractivity contribution in [2.75, 3.05) is 39.1 Å². The molecule has 1 fully saturated rings. The second-order valence-corrected chi connectivity index (χ2v) is 5.41. The van der Waals surface area contributed by atoms with E-state index in [1.807, 2.05) is 6.07 Å². The highest BCUT2D eigenvalue weighted by atomic mass is 16.5. The number of rotatable bonds is 4. The van der Waals surface area contributed by atoms with Gasteiger partial charge in [0, 0.05) is 12.6 Å². The predicted octanol–water partition coefficient (Wildman–Crippen LogP) is 1.63. The molecule has 100 valence electrons. The second kappa shape index (κ2) is 5.52. The number of hydrogen-bond donors (Lipinski definition) is 1. The summed E-state index contributed by atoms with van der Waals surface area (Å²) in [5, 5.41) is 3.39. The Balaban J connectivity index is 1.90. The van der Waals surface area contributed by atoms with Gasteiger partial charge in [-0.15, -0.1) is 0 Å². The zero-order valence-corrected chi connectivity index (χ0v) is 11.4. The maximum atomic E-state index is 5.09. The molecular formula is C13H22N4O. The predicted molar refractivity (Wildman–Crippen MR) is 71.9 cm³/mol. The number of likely N-dealkylation sites (tertiary alicyclic amines) is 1. The fourth-order valence-corrected chi connectivity index (χ4v) is 2.19. The lowest BCUT2D eigenvalue weighted by Crippen LogP contribution is -2.40. The number of nitrogens with one attached hydrogen (secondary N) is 1. The summed E-state index contributed by atoms with van der Waals surface area (Å²) in [7, 11) is 3.80. The molecule has 0 atom stereocenters. The van der Waals surface area contributed by atoms with E-state index in [1.165, 1.54) is 32.3 Å². The number of nitrogens with zero attached hydrogens (tertiary/aromatic N) is 3. The Morgan fingerprint density at radius 1 is 1.39 bits per heavy atom. The number of hydrogen-bond acceptors (Lipinski definition) is 5. The van der Waals surface area contributed by atoms with E-state index in [9.17, 15) is 0 Å². The van der Waals surface area contributed by atoms with E-state index in [0.29, 0.717) is 11.3 Å². The van der Waals surface area contributed by atoms with Gasteiger partial charge in [-0.3, -0.25) is 0 Å². The largest absolute Gasteiger partial charge is 0.481 e. The number of anilines is 1. The number of piperidine rings is 1. The Morgan fingerprint density at radius 3 is 2.78 bits per heavy atom.